The van der Waals surface area contributed by atoms with Crippen molar-refractivity contribution < 1.29 is 9.53 Å². The molecule has 2 aromatic heterocycles. The molecule has 2 unspecified atom stereocenters. The van der Waals surface area contributed by atoms with Gasteiger partial charge in [0, 0.05) is 58.5 Å². The van der Waals surface area contributed by atoms with Gasteiger partial charge in [0.1, 0.15) is 6.07 Å². The van der Waals surface area contributed by atoms with Crippen LogP contribution < -0.4 is 15.5 Å². The van der Waals surface area contributed by atoms with E-state index >= 15 is 0 Å². The number of likely N-dealkylation sites (tertiary alicyclic amines) is 1. The third kappa shape index (κ3) is 4.94. The number of imidazole rings is 1. The average molecular weight is 588 g/mol. The summed E-state index contributed by atoms with van der Waals surface area (Å²) >= 11 is 6.94. The van der Waals surface area contributed by atoms with E-state index in [-0.39, 0.29) is 29.6 Å². The largest absolute Gasteiger partial charge is 0.381 e. The van der Waals surface area contributed by atoms with Crippen LogP contribution in [0.1, 0.15) is 30.5 Å². The first kappa shape index (κ1) is 26.7. The van der Waals surface area contributed by atoms with Crippen LogP contribution in [0.3, 0.4) is 0 Å². The molecule has 2 saturated heterocycles. The number of nitriles is 2. The molecule has 0 radical (unpaired) electrons. The highest BCUT2D eigenvalue weighted by atomic mass is 35.5. The van der Waals surface area contributed by atoms with Gasteiger partial charge in [0.15, 0.2) is 17.2 Å². The van der Waals surface area contributed by atoms with Crippen molar-refractivity contribution in [2.75, 3.05) is 61.9 Å². The number of hydrogen-bond acceptors (Lipinski definition) is 11. The van der Waals surface area contributed by atoms with Gasteiger partial charge in [0.25, 0.3) is 0 Å². The Labute approximate surface area is 247 Å². The number of nitrogens with one attached hydrogen (secondary N) is 2. The fourth-order valence-corrected chi connectivity index (χ4v) is 6.04. The number of nitrogens with zero attached hydrogens (tertiary/aromatic N) is 9. The molecule has 0 spiro atoms. The highest BCUT2D eigenvalue weighted by Crippen LogP contribution is 2.38. The number of carbonyl (C=O) groups excluding carboxylic acids is 1. The molecule has 1 aromatic carbocycles. The summed E-state index contributed by atoms with van der Waals surface area (Å²) in [7, 11) is 1.66. The van der Waals surface area contributed by atoms with Crippen molar-refractivity contribution in [1.82, 2.24) is 29.4 Å². The SMILES string of the molecule is COC1CC1C(=O)N1CC(N2CCN(c3cc(C#N)cc(Nc4nc(NC5CC5)c5ncc(C#N)n5n4)c3Cl)CC2)C1. The van der Waals surface area contributed by atoms with Gasteiger partial charge in [-0.1, -0.05) is 11.6 Å². The fraction of sp³-hybridized carbons (Fsp3) is 0.500. The zero-order chi connectivity index (χ0) is 29.0. The predicted octanol–water partition coefficient (Wildman–Crippen LogP) is 2.21. The normalized spacial score (nSPS) is 22.4. The minimum absolute atomic E-state index is 0.0341. The van der Waals surface area contributed by atoms with Crippen molar-refractivity contribution in [2.45, 2.75) is 37.5 Å². The third-order valence-electron chi connectivity index (χ3n) is 8.52. The van der Waals surface area contributed by atoms with Crippen molar-refractivity contribution in [3.63, 3.8) is 0 Å². The van der Waals surface area contributed by atoms with Crippen molar-refractivity contribution >= 4 is 46.3 Å². The van der Waals surface area contributed by atoms with Gasteiger partial charge < -0.3 is 25.2 Å². The Balaban J connectivity index is 1.06. The zero-order valence-corrected chi connectivity index (χ0v) is 23.9. The Morgan fingerprint density at radius 2 is 1.93 bits per heavy atom. The second kappa shape index (κ2) is 10.6. The molecule has 14 heteroatoms. The minimum Gasteiger partial charge on any atom is -0.381 e. The summed E-state index contributed by atoms with van der Waals surface area (Å²) in [5.41, 5.74) is 2.49. The number of fused-ring (bicyclic) bond motifs is 1. The van der Waals surface area contributed by atoms with Crippen LogP contribution in [0.25, 0.3) is 5.65 Å². The number of anilines is 4. The first-order valence-corrected chi connectivity index (χ1v) is 14.6. The molecule has 2 saturated carbocycles. The lowest BCUT2D eigenvalue weighted by atomic mass is 10.0. The molecule has 2 atom stereocenters. The predicted molar refractivity (Wildman–Crippen MR) is 155 cm³/mol. The maximum atomic E-state index is 12.6. The van der Waals surface area contributed by atoms with Crippen LogP contribution in [0.2, 0.25) is 5.02 Å². The van der Waals surface area contributed by atoms with Crippen LogP contribution in [0, 0.1) is 28.6 Å². The highest BCUT2D eigenvalue weighted by Gasteiger charge is 2.48. The van der Waals surface area contributed by atoms with Crippen LogP contribution in [0.15, 0.2) is 18.3 Å². The maximum absolute atomic E-state index is 12.6. The van der Waals surface area contributed by atoms with E-state index < -0.39 is 0 Å². The molecule has 2 aliphatic carbocycles. The van der Waals surface area contributed by atoms with E-state index in [4.69, 9.17) is 16.3 Å². The van der Waals surface area contributed by atoms with Gasteiger partial charge in [0.05, 0.1) is 46.2 Å². The summed E-state index contributed by atoms with van der Waals surface area (Å²) in [6.45, 7) is 4.67. The average Bonchev–Trinajstić information content (AvgIpc) is 3.91. The second-order valence-electron chi connectivity index (χ2n) is 11.3. The molecule has 2 N–H and O–H groups in total. The number of hydrogen-bond donors (Lipinski definition) is 2. The highest BCUT2D eigenvalue weighted by molar-refractivity contribution is 6.36. The number of methoxy groups -OCH3 is 1. The standard InChI is InChI=1S/C28H30ClN11O2/c1-42-23-10-20(23)27(41)39-14-19(15-39)37-4-6-38(7-5-37)22-9-16(11-30)8-21(24(22)29)34-28-35-25(33-17-2-3-17)26-32-13-18(12-31)40(26)36-28/h8-9,13,17,19-20,23H,2-7,10,14-15H2,1H3,(H2,33,34,35,36). The summed E-state index contributed by atoms with van der Waals surface area (Å²) in [5.74, 6) is 1.02. The van der Waals surface area contributed by atoms with E-state index in [9.17, 15) is 15.3 Å². The summed E-state index contributed by atoms with van der Waals surface area (Å²) in [6.07, 6.45) is 4.48. The summed E-state index contributed by atoms with van der Waals surface area (Å²) < 4.78 is 6.76. The van der Waals surface area contributed by atoms with Gasteiger partial charge in [-0.3, -0.25) is 9.69 Å². The molecular weight excluding hydrogens is 558 g/mol. The topological polar surface area (TPSA) is 151 Å². The summed E-state index contributed by atoms with van der Waals surface area (Å²) in [5, 5.41) is 30.8. The quantitative estimate of drug-likeness (QED) is 0.399. The van der Waals surface area contributed by atoms with Crippen LogP contribution in [0.4, 0.5) is 23.1 Å². The minimum atomic E-state index is 0.0341. The van der Waals surface area contributed by atoms with E-state index in [1.807, 2.05) is 11.0 Å². The van der Waals surface area contributed by atoms with Crippen LogP contribution in [0.5, 0.6) is 0 Å². The van der Waals surface area contributed by atoms with Gasteiger partial charge in [-0.05, 0) is 31.4 Å². The zero-order valence-electron chi connectivity index (χ0n) is 23.1. The molecule has 4 aliphatic rings. The van der Waals surface area contributed by atoms with Crippen LogP contribution in [-0.2, 0) is 9.53 Å². The fourth-order valence-electron chi connectivity index (χ4n) is 5.76. The molecule has 4 heterocycles. The molecule has 13 nitrogen and oxygen atoms in total. The molecule has 42 heavy (non-hydrogen) atoms. The number of benzene rings is 1. The van der Waals surface area contributed by atoms with Crippen molar-refractivity contribution in [3.8, 4) is 12.1 Å². The number of rotatable bonds is 8. The number of piperazine rings is 1. The Kier molecular flexibility index (Phi) is 6.73. The van der Waals surface area contributed by atoms with E-state index in [0.717, 1.165) is 64.2 Å². The molecule has 1 amide bonds. The summed E-state index contributed by atoms with van der Waals surface area (Å²) in [4.78, 5) is 28.1. The first-order valence-electron chi connectivity index (χ1n) is 14.2. The molecular formula is C28H30ClN11O2. The van der Waals surface area contributed by atoms with Gasteiger partial charge in [0.2, 0.25) is 11.9 Å². The van der Waals surface area contributed by atoms with Crippen molar-refractivity contribution in [2.24, 2.45) is 5.92 Å². The number of halogens is 1. The molecule has 0 bridgehead atoms. The molecule has 4 fully saturated rings. The van der Waals surface area contributed by atoms with E-state index in [1.165, 1.54) is 10.7 Å². The van der Waals surface area contributed by atoms with Gasteiger partial charge in [-0.2, -0.15) is 20.0 Å². The second-order valence-corrected chi connectivity index (χ2v) is 11.7. The lowest BCUT2D eigenvalue weighted by Gasteiger charge is -2.48. The van der Waals surface area contributed by atoms with Crippen molar-refractivity contribution in [3.05, 3.63) is 34.6 Å². The number of aromatic nitrogens is 4. The van der Waals surface area contributed by atoms with Gasteiger partial charge >= 0.3 is 0 Å². The van der Waals surface area contributed by atoms with Crippen molar-refractivity contribution in [1.29, 1.82) is 10.5 Å². The lowest BCUT2D eigenvalue weighted by Crippen LogP contribution is -2.64. The molecule has 2 aliphatic heterocycles. The molecule has 216 valence electrons. The van der Waals surface area contributed by atoms with Crippen LogP contribution in [-0.4, -0.2) is 99.9 Å². The number of ether oxygens (including phenoxy) is 1. The Hall–Kier alpha value is -4.17. The van der Waals surface area contributed by atoms with Gasteiger partial charge in [-0.15, -0.1) is 5.10 Å². The monoisotopic (exact) mass is 587 g/mol. The van der Waals surface area contributed by atoms with Gasteiger partial charge in [-0.25, -0.2) is 4.98 Å². The first-order chi connectivity index (χ1) is 20.4. The Morgan fingerprint density at radius 3 is 2.60 bits per heavy atom. The van der Waals surface area contributed by atoms with E-state index in [0.29, 0.717) is 39.8 Å². The molecule has 3 aromatic rings. The Morgan fingerprint density at radius 1 is 1.14 bits per heavy atom. The summed E-state index contributed by atoms with van der Waals surface area (Å²) in [6, 6.07) is 8.51. The Bertz CT molecular complexity index is 1630. The lowest BCUT2D eigenvalue weighted by molar-refractivity contribution is -0.141. The van der Waals surface area contributed by atoms with E-state index in [1.54, 1.807) is 13.2 Å². The third-order valence-corrected chi connectivity index (χ3v) is 8.92. The van der Waals surface area contributed by atoms with Crippen LogP contribution >= 0.6 is 11.6 Å². The number of amides is 1. The maximum Gasteiger partial charge on any atom is 0.247 e. The number of carbonyl (C=O) groups is 1. The molecule has 7 rings (SSSR count). The van der Waals surface area contributed by atoms with E-state index in [2.05, 4.69) is 47.6 Å². The smallest absolute Gasteiger partial charge is 0.247 e.